The standard InChI is InChI=1S/C22H24N2O5/c1-5-12-11-24(15-7-6-8-16(25)18(12)15)22(26)14-9-13-10-17(27-2)20(28-3)21(29-4)19(13)23-14/h6-10,12,23,25H,5,11H2,1-4H3. The number of methoxy groups -OCH3 is 3. The zero-order chi connectivity index (χ0) is 20.7. The third-order valence-electron chi connectivity index (χ3n) is 5.55. The Balaban J connectivity index is 1.80. The minimum absolute atomic E-state index is 0.106. The van der Waals surface area contributed by atoms with Crippen LogP contribution in [0.4, 0.5) is 5.69 Å². The first kappa shape index (κ1) is 19.0. The van der Waals surface area contributed by atoms with Gasteiger partial charge in [0.2, 0.25) is 5.75 Å². The smallest absolute Gasteiger partial charge is 0.274 e. The molecule has 0 spiro atoms. The number of carbonyl (C=O) groups is 1. The van der Waals surface area contributed by atoms with Gasteiger partial charge >= 0.3 is 0 Å². The molecule has 152 valence electrons. The number of amides is 1. The van der Waals surface area contributed by atoms with E-state index in [9.17, 15) is 9.90 Å². The van der Waals surface area contributed by atoms with Gasteiger partial charge in [-0.25, -0.2) is 0 Å². The summed E-state index contributed by atoms with van der Waals surface area (Å²) in [7, 11) is 4.64. The average molecular weight is 396 g/mol. The van der Waals surface area contributed by atoms with Crippen molar-refractivity contribution >= 4 is 22.5 Å². The summed E-state index contributed by atoms with van der Waals surface area (Å²) in [6, 6.07) is 8.89. The number of aromatic amines is 1. The molecule has 1 amide bonds. The first-order valence-electron chi connectivity index (χ1n) is 9.49. The molecule has 1 aliphatic rings. The molecule has 0 saturated heterocycles. The van der Waals surface area contributed by atoms with Gasteiger partial charge in [0.05, 0.1) is 32.5 Å². The molecule has 4 rings (SSSR count). The number of nitrogens with one attached hydrogen (secondary N) is 1. The Bertz CT molecular complexity index is 1090. The minimum atomic E-state index is -0.163. The number of fused-ring (bicyclic) bond motifs is 2. The number of ether oxygens (including phenoxy) is 3. The highest BCUT2D eigenvalue weighted by molar-refractivity contribution is 6.09. The number of H-pyrrole nitrogens is 1. The van der Waals surface area contributed by atoms with E-state index in [2.05, 4.69) is 11.9 Å². The van der Waals surface area contributed by atoms with Crippen LogP contribution in [-0.2, 0) is 0 Å². The maximum atomic E-state index is 13.4. The summed E-state index contributed by atoms with van der Waals surface area (Å²) in [5, 5.41) is 11.1. The van der Waals surface area contributed by atoms with Crippen molar-refractivity contribution in [3.63, 3.8) is 0 Å². The highest BCUT2D eigenvalue weighted by atomic mass is 16.5. The van der Waals surface area contributed by atoms with Gasteiger partial charge in [0, 0.05) is 23.4 Å². The molecule has 29 heavy (non-hydrogen) atoms. The van der Waals surface area contributed by atoms with Crippen LogP contribution in [0.15, 0.2) is 30.3 Å². The normalized spacial score (nSPS) is 15.4. The first-order valence-corrected chi connectivity index (χ1v) is 9.49. The van der Waals surface area contributed by atoms with Gasteiger partial charge in [-0.05, 0) is 30.7 Å². The molecule has 1 atom stereocenters. The van der Waals surface area contributed by atoms with Crippen LogP contribution in [0, 0.1) is 0 Å². The van der Waals surface area contributed by atoms with Gasteiger partial charge in [0.15, 0.2) is 11.5 Å². The Hall–Kier alpha value is -3.35. The van der Waals surface area contributed by atoms with Crippen molar-refractivity contribution in [2.24, 2.45) is 0 Å². The zero-order valence-electron chi connectivity index (χ0n) is 16.9. The van der Waals surface area contributed by atoms with E-state index in [1.165, 1.54) is 0 Å². The second kappa shape index (κ2) is 7.24. The molecule has 1 aliphatic heterocycles. The zero-order valence-corrected chi connectivity index (χ0v) is 16.9. The van der Waals surface area contributed by atoms with Crippen LogP contribution >= 0.6 is 0 Å². The lowest BCUT2D eigenvalue weighted by Gasteiger charge is -2.17. The highest BCUT2D eigenvalue weighted by Crippen LogP contribution is 2.45. The SMILES string of the molecule is CCC1CN(C(=O)c2cc3cc(OC)c(OC)c(OC)c3[nH]2)c2cccc(O)c21. The van der Waals surface area contributed by atoms with E-state index < -0.39 is 0 Å². The van der Waals surface area contributed by atoms with E-state index in [0.29, 0.717) is 35.0 Å². The topological polar surface area (TPSA) is 84.0 Å². The summed E-state index contributed by atoms with van der Waals surface area (Å²) in [4.78, 5) is 18.3. The maximum Gasteiger partial charge on any atom is 0.274 e. The Morgan fingerprint density at radius 2 is 1.93 bits per heavy atom. The van der Waals surface area contributed by atoms with E-state index in [-0.39, 0.29) is 17.6 Å². The summed E-state index contributed by atoms with van der Waals surface area (Å²) in [5.74, 6) is 1.64. The molecular formula is C22H24N2O5. The molecule has 7 nitrogen and oxygen atoms in total. The number of benzene rings is 2. The van der Waals surface area contributed by atoms with E-state index in [1.54, 1.807) is 44.4 Å². The summed E-state index contributed by atoms with van der Waals surface area (Å²) >= 11 is 0. The van der Waals surface area contributed by atoms with Crippen molar-refractivity contribution in [1.82, 2.24) is 4.98 Å². The van der Waals surface area contributed by atoms with Gasteiger partial charge in [0.25, 0.3) is 5.91 Å². The Morgan fingerprint density at radius 1 is 1.17 bits per heavy atom. The molecular weight excluding hydrogens is 372 g/mol. The molecule has 2 heterocycles. The largest absolute Gasteiger partial charge is 0.508 e. The van der Waals surface area contributed by atoms with E-state index in [0.717, 1.165) is 23.1 Å². The van der Waals surface area contributed by atoms with Gasteiger partial charge < -0.3 is 29.2 Å². The Labute approximate surface area is 168 Å². The number of phenolic OH excluding ortho intramolecular Hbond substituents is 1. The molecule has 0 aliphatic carbocycles. The summed E-state index contributed by atoms with van der Waals surface area (Å²) in [6.45, 7) is 2.59. The molecule has 0 bridgehead atoms. The second-order valence-electron chi connectivity index (χ2n) is 7.02. The number of hydrogen-bond donors (Lipinski definition) is 2. The highest BCUT2D eigenvalue weighted by Gasteiger charge is 2.34. The van der Waals surface area contributed by atoms with Crippen molar-refractivity contribution in [2.45, 2.75) is 19.3 Å². The van der Waals surface area contributed by atoms with Crippen LogP contribution in [0.25, 0.3) is 10.9 Å². The molecule has 2 aromatic carbocycles. The van der Waals surface area contributed by atoms with Crippen LogP contribution in [0.3, 0.4) is 0 Å². The first-order chi connectivity index (χ1) is 14.0. The van der Waals surface area contributed by atoms with E-state index in [1.807, 2.05) is 12.1 Å². The molecule has 3 aromatic rings. The Morgan fingerprint density at radius 3 is 2.59 bits per heavy atom. The number of rotatable bonds is 5. The number of hydrogen-bond acceptors (Lipinski definition) is 5. The molecule has 2 N–H and O–H groups in total. The van der Waals surface area contributed by atoms with Crippen LogP contribution in [0.1, 0.15) is 35.3 Å². The Kier molecular flexibility index (Phi) is 4.74. The second-order valence-corrected chi connectivity index (χ2v) is 7.02. The lowest BCUT2D eigenvalue weighted by atomic mass is 9.98. The fraction of sp³-hybridized carbons (Fsp3) is 0.318. The predicted octanol–water partition coefficient (Wildman–Crippen LogP) is 4.05. The quantitative estimate of drug-likeness (QED) is 0.680. The third-order valence-corrected chi connectivity index (χ3v) is 5.55. The van der Waals surface area contributed by atoms with Crippen LogP contribution in [0.5, 0.6) is 23.0 Å². The van der Waals surface area contributed by atoms with Crippen molar-refractivity contribution in [3.05, 3.63) is 41.6 Å². The molecule has 1 unspecified atom stereocenters. The van der Waals surface area contributed by atoms with E-state index >= 15 is 0 Å². The molecule has 0 fully saturated rings. The number of phenols is 1. The van der Waals surface area contributed by atoms with Crippen molar-refractivity contribution in [3.8, 4) is 23.0 Å². The van der Waals surface area contributed by atoms with Crippen LogP contribution in [0.2, 0.25) is 0 Å². The molecule has 0 saturated carbocycles. The maximum absolute atomic E-state index is 13.4. The van der Waals surface area contributed by atoms with Crippen LogP contribution in [-0.4, -0.2) is 43.9 Å². The monoisotopic (exact) mass is 396 g/mol. The number of carbonyl (C=O) groups excluding carboxylic acids is 1. The fourth-order valence-electron chi connectivity index (χ4n) is 4.14. The minimum Gasteiger partial charge on any atom is -0.508 e. The molecule has 0 radical (unpaired) electrons. The summed E-state index contributed by atoms with van der Waals surface area (Å²) < 4.78 is 16.4. The van der Waals surface area contributed by atoms with Crippen molar-refractivity contribution in [1.29, 1.82) is 0 Å². The summed E-state index contributed by atoms with van der Waals surface area (Å²) in [5.41, 5.74) is 2.68. The summed E-state index contributed by atoms with van der Waals surface area (Å²) in [6.07, 6.45) is 0.837. The predicted molar refractivity (Wildman–Crippen MR) is 111 cm³/mol. The number of aromatic hydroxyl groups is 1. The molecule has 1 aromatic heterocycles. The van der Waals surface area contributed by atoms with Crippen molar-refractivity contribution in [2.75, 3.05) is 32.8 Å². The number of nitrogens with zero attached hydrogens (tertiary/aromatic N) is 1. The van der Waals surface area contributed by atoms with Gasteiger partial charge in [-0.2, -0.15) is 0 Å². The van der Waals surface area contributed by atoms with Crippen molar-refractivity contribution < 1.29 is 24.1 Å². The molecule has 7 heteroatoms. The number of aromatic nitrogens is 1. The fourth-order valence-corrected chi connectivity index (χ4v) is 4.14. The average Bonchev–Trinajstić information content (AvgIpc) is 3.33. The lowest BCUT2D eigenvalue weighted by molar-refractivity contribution is 0.0984. The van der Waals surface area contributed by atoms with Gasteiger partial charge in [-0.15, -0.1) is 0 Å². The van der Waals surface area contributed by atoms with Crippen LogP contribution < -0.4 is 19.1 Å². The van der Waals surface area contributed by atoms with Gasteiger partial charge in [-0.1, -0.05) is 13.0 Å². The third kappa shape index (κ3) is 2.85. The van der Waals surface area contributed by atoms with Gasteiger partial charge in [0.1, 0.15) is 11.4 Å². The lowest BCUT2D eigenvalue weighted by Crippen LogP contribution is -2.30. The van der Waals surface area contributed by atoms with E-state index in [4.69, 9.17) is 14.2 Å². The number of anilines is 1. The van der Waals surface area contributed by atoms with Gasteiger partial charge in [-0.3, -0.25) is 4.79 Å².